The molecular weight excluding hydrogens is 256 g/mol. The number of nitrogens with two attached hydrogens (primary N) is 1. The Balaban J connectivity index is 1.89. The molecule has 0 amide bonds. The molecule has 0 radical (unpaired) electrons. The van der Waals surface area contributed by atoms with Gasteiger partial charge in [-0.1, -0.05) is 6.92 Å². The van der Waals surface area contributed by atoms with E-state index in [4.69, 9.17) is 10.5 Å². The Morgan fingerprint density at radius 2 is 2.25 bits per heavy atom. The topological polar surface area (TPSA) is 90.9 Å². The zero-order valence-corrected chi connectivity index (χ0v) is 11.8. The van der Waals surface area contributed by atoms with Gasteiger partial charge in [-0.15, -0.1) is 0 Å². The Morgan fingerprint density at radius 1 is 1.40 bits per heavy atom. The van der Waals surface area contributed by atoms with Crippen LogP contribution in [0.5, 0.6) is 5.88 Å². The van der Waals surface area contributed by atoms with Crippen LogP contribution in [0.15, 0.2) is 18.5 Å². The number of pyridine rings is 1. The maximum Gasteiger partial charge on any atom is 0.239 e. The van der Waals surface area contributed by atoms with Gasteiger partial charge in [-0.2, -0.15) is 10.1 Å². The van der Waals surface area contributed by atoms with Gasteiger partial charge in [0.2, 0.25) is 5.88 Å². The van der Waals surface area contributed by atoms with Crippen LogP contribution in [-0.4, -0.2) is 32.9 Å². The number of ether oxygens (including phenoxy) is 1. The number of hydrogen-bond acceptors (Lipinski definition) is 6. The van der Waals surface area contributed by atoms with Crippen molar-refractivity contribution < 1.29 is 4.74 Å². The van der Waals surface area contributed by atoms with Crippen molar-refractivity contribution in [2.75, 3.05) is 24.2 Å². The normalized spacial score (nSPS) is 10.5. The summed E-state index contributed by atoms with van der Waals surface area (Å²) in [5.41, 5.74) is 6.37. The highest BCUT2D eigenvalue weighted by Crippen LogP contribution is 2.20. The number of rotatable bonds is 7. The van der Waals surface area contributed by atoms with Gasteiger partial charge in [0, 0.05) is 20.0 Å². The molecule has 3 N–H and O–H groups in total. The summed E-state index contributed by atoms with van der Waals surface area (Å²) in [5, 5.41) is 7.43. The summed E-state index contributed by atoms with van der Waals surface area (Å²) in [7, 11) is 1.85. The van der Waals surface area contributed by atoms with Gasteiger partial charge in [0.05, 0.1) is 12.3 Å². The number of aryl methyl sites for hydroxylation is 1. The fraction of sp³-hybridized carbons (Fsp3) is 0.462. The van der Waals surface area contributed by atoms with Crippen LogP contribution in [0.2, 0.25) is 0 Å². The first-order valence-electron chi connectivity index (χ1n) is 6.66. The van der Waals surface area contributed by atoms with Crippen LogP contribution < -0.4 is 15.8 Å². The molecule has 0 aliphatic heterocycles. The van der Waals surface area contributed by atoms with E-state index in [1.807, 2.05) is 20.0 Å². The third kappa shape index (κ3) is 3.84. The number of anilines is 2. The largest absolute Gasteiger partial charge is 0.476 e. The fourth-order valence-electron chi connectivity index (χ4n) is 1.66. The van der Waals surface area contributed by atoms with Crippen molar-refractivity contribution in [1.82, 2.24) is 19.7 Å². The van der Waals surface area contributed by atoms with E-state index in [9.17, 15) is 0 Å². The minimum atomic E-state index is 0.479. The number of nitrogens with one attached hydrogen (secondary N) is 1. The van der Waals surface area contributed by atoms with E-state index in [0.717, 1.165) is 24.5 Å². The standard InChI is InChI=1S/C13H20N6O/c1-3-8-20-13-10(14)4-5-11(17-13)15-7-6-12-16-9-19(2)18-12/h4-5,9H,3,6-8,14H2,1-2H3,(H,15,17). The average Bonchev–Trinajstić information content (AvgIpc) is 2.85. The van der Waals surface area contributed by atoms with Crippen LogP contribution in [-0.2, 0) is 13.5 Å². The molecule has 0 aliphatic rings. The van der Waals surface area contributed by atoms with Gasteiger partial charge in [0.25, 0.3) is 0 Å². The van der Waals surface area contributed by atoms with Crippen LogP contribution in [0.25, 0.3) is 0 Å². The molecule has 0 atom stereocenters. The molecule has 7 nitrogen and oxygen atoms in total. The van der Waals surface area contributed by atoms with Crippen LogP contribution >= 0.6 is 0 Å². The highest BCUT2D eigenvalue weighted by molar-refractivity contribution is 5.53. The summed E-state index contributed by atoms with van der Waals surface area (Å²) in [6.45, 7) is 3.35. The third-order valence-corrected chi connectivity index (χ3v) is 2.63. The molecule has 2 heterocycles. The molecule has 7 heteroatoms. The molecule has 20 heavy (non-hydrogen) atoms. The molecule has 0 aromatic carbocycles. The molecule has 0 aliphatic carbocycles. The van der Waals surface area contributed by atoms with Crippen LogP contribution in [0.4, 0.5) is 11.5 Å². The van der Waals surface area contributed by atoms with Gasteiger partial charge in [-0.25, -0.2) is 4.98 Å². The smallest absolute Gasteiger partial charge is 0.239 e. The predicted octanol–water partition coefficient (Wildman–Crippen LogP) is 1.24. The number of nitrogens with zero attached hydrogens (tertiary/aromatic N) is 4. The Kier molecular flexibility index (Phi) is 4.75. The summed E-state index contributed by atoms with van der Waals surface area (Å²) >= 11 is 0. The molecule has 2 aromatic rings. The van der Waals surface area contributed by atoms with Gasteiger partial charge in [-0.3, -0.25) is 4.68 Å². The Labute approximate surface area is 118 Å². The second-order valence-corrected chi connectivity index (χ2v) is 4.45. The van der Waals surface area contributed by atoms with E-state index in [1.165, 1.54) is 0 Å². The Morgan fingerprint density at radius 3 is 2.95 bits per heavy atom. The first kappa shape index (κ1) is 14.1. The molecule has 0 bridgehead atoms. The molecule has 0 saturated carbocycles. The first-order chi connectivity index (χ1) is 9.69. The van der Waals surface area contributed by atoms with Crippen LogP contribution in [0, 0.1) is 0 Å². The molecule has 0 saturated heterocycles. The highest BCUT2D eigenvalue weighted by Gasteiger charge is 2.04. The maximum atomic E-state index is 5.81. The summed E-state index contributed by atoms with van der Waals surface area (Å²) in [5.74, 6) is 2.02. The number of aromatic nitrogens is 4. The van der Waals surface area contributed by atoms with Gasteiger partial charge in [-0.05, 0) is 18.6 Å². The van der Waals surface area contributed by atoms with Crippen molar-refractivity contribution in [3.63, 3.8) is 0 Å². The molecule has 0 fully saturated rings. The van der Waals surface area contributed by atoms with Crippen molar-refractivity contribution >= 4 is 11.5 Å². The number of hydrogen-bond donors (Lipinski definition) is 2. The lowest BCUT2D eigenvalue weighted by molar-refractivity contribution is 0.307. The lowest BCUT2D eigenvalue weighted by Crippen LogP contribution is -2.09. The van der Waals surface area contributed by atoms with Crippen LogP contribution in [0.3, 0.4) is 0 Å². The average molecular weight is 276 g/mol. The lowest BCUT2D eigenvalue weighted by atomic mass is 10.3. The summed E-state index contributed by atoms with van der Waals surface area (Å²) in [6.07, 6.45) is 3.34. The molecular formula is C13H20N6O. The highest BCUT2D eigenvalue weighted by atomic mass is 16.5. The summed E-state index contributed by atoms with van der Waals surface area (Å²) in [6, 6.07) is 3.62. The first-order valence-corrected chi connectivity index (χ1v) is 6.66. The molecule has 0 spiro atoms. The van der Waals surface area contributed by atoms with E-state index in [-0.39, 0.29) is 0 Å². The predicted molar refractivity (Wildman–Crippen MR) is 77.6 cm³/mol. The quantitative estimate of drug-likeness (QED) is 0.790. The van der Waals surface area contributed by atoms with Gasteiger partial charge >= 0.3 is 0 Å². The fourth-order valence-corrected chi connectivity index (χ4v) is 1.66. The Bertz CT molecular complexity index is 554. The molecule has 2 rings (SSSR count). The van der Waals surface area contributed by atoms with E-state index in [1.54, 1.807) is 17.1 Å². The molecule has 0 unspecified atom stereocenters. The van der Waals surface area contributed by atoms with Crippen molar-refractivity contribution in [1.29, 1.82) is 0 Å². The van der Waals surface area contributed by atoms with E-state index in [2.05, 4.69) is 20.4 Å². The zero-order chi connectivity index (χ0) is 14.4. The van der Waals surface area contributed by atoms with E-state index in [0.29, 0.717) is 24.7 Å². The second kappa shape index (κ2) is 6.74. The van der Waals surface area contributed by atoms with Crippen molar-refractivity contribution in [3.05, 3.63) is 24.3 Å². The van der Waals surface area contributed by atoms with E-state index >= 15 is 0 Å². The number of nitrogen functional groups attached to an aromatic ring is 1. The van der Waals surface area contributed by atoms with Gasteiger partial charge in [0.1, 0.15) is 12.1 Å². The minimum Gasteiger partial charge on any atom is -0.476 e. The SMILES string of the molecule is CCCOc1nc(NCCc2ncn(C)n2)ccc1N. The molecule has 108 valence electrons. The monoisotopic (exact) mass is 276 g/mol. The van der Waals surface area contributed by atoms with Gasteiger partial charge in [0.15, 0.2) is 5.82 Å². The van der Waals surface area contributed by atoms with Crippen molar-refractivity contribution in [3.8, 4) is 5.88 Å². The lowest BCUT2D eigenvalue weighted by Gasteiger charge is -2.09. The van der Waals surface area contributed by atoms with Crippen molar-refractivity contribution in [2.45, 2.75) is 19.8 Å². The molecule has 2 aromatic heterocycles. The summed E-state index contributed by atoms with van der Waals surface area (Å²) < 4.78 is 7.18. The minimum absolute atomic E-state index is 0.479. The van der Waals surface area contributed by atoms with Gasteiger partial charge < -0.3 is 15.8 Å². The summed E-state index contributed by atoms with van der Waals surface area (Å²) in [4.78, 5) is 8.51. The van der Waals surface area contributed by atoms with E-state index < -0.39 is 0 Å². The second-order valence-electron chi connectivity index (χ2n) is 4.45. The van der Waals surface area contributed by atoms with Crippen LogP contribution in [0.1, 0.15) is 19.2 Å². The third-order valence-electron chi connectivity index (χ3n) is 2.63. The Hall–Kier alpha value is -2.31. The van der Waals surface area contributed by atoms with Crippen molar-refractivity contribution in [2.24, 2.45) is 7.05 Å². The maximum absolute atomic E-state index is 5.81. The zero-order valence-electron chi connectivity index (χ0n) is 11.8.